The zero-order valence-electron chi connectivity index (χ0n) is 10.3. The van der Waals surface area contributed by atoms with Crippen molar-refractivity contribution in [2.45, 2.75) is 31.9 Å². The van der Waals surface area contributed by atoms with Crippen molar-refractivity contribution in [3.8, 4) is 0 Å². The fourth-order valence-corrected chi connectivity index (χ4v) is 2.01. The maximum absolute atomic E-state index is 13.5. The van der Waals surface area contributed by atoms with E-state index >= 15 is 0 Å². The fraction of sp³-hybridized carbons (Fsp3) is 0.429. The SMILES string of the molecule is CC(NCC1CCC=CO1)c1ccc(F)cc1F. The van der Waals surface area contributed by atoms with E-state index in [2.05, 4.69) is 5.32 Å². The molecule has 0 aromatic heterocycles. The Bertz CT molecular complexity index is 434. The van der Waals surface area contributed by atoms with Crippen molar-refractivity contribution in [3.05, 3.63) is 47.7 Å². The number of nitrogens with one attached hydrogen (secondary N) is 1. The van der Waals surface area contributed by atoms with Crippen LogP contribution in [-0.4, -0.2) is 12.6 Å². The molecular formula is C14H17F2NO. The summed E-state index contributed by atoms with van der Waals surface area (Å²) >= 11 is 0. The van der Waals surface area contributed by atoms with Crippen LogP contribution in [0.3, 0.4) is 0 Å². The maximum atomic E-state index is 13.5. The molecule has 2 atom stereocenters. The van der Waals surface area contributed by atoms with E-state index in [1.807, 2.05) is 13.0 Å². The van der Waals surface area contributed by atoms with E-state index in [1.165, 1.54) is 12.1 Å². The summed E-state index contributed by atoms with van der Waals surface area (Å²) in [6.07, 6.45) is 5.78. The lowest BCUT2D eigenvalue weighted by atomic mass is 10.1. The molecule has 0 saturated carbocycles. The highest BCUT2D eigenvalue weighted by Gasteiger charge is 2.15. The molecule has 18 heavy (non-hydrogen) atoms. The first kappa shape index (κ1) is 13.0. The summed E-state index contributed by atoms with van der Waals surface area (Å²) in [5.74, 6) is -1.07. The molecule has 0 amide bonds. The van der Waals surface area contributed by atoms with Gasteiger partial charge in [0.25, 0.3) is 0 Å². The molecule has 1 heterocycles. The molecule has 2 rings (SSSR count). The van der Waals surface area contributed by atoms with Crippen molar-refractivity contribution >= 4 is 0 Å². The first-order chi connectivity index (χ1) is 8.66. The molecule has 1 aliphatic rings. The highest BCUT2D eigenvalue weighted by molar-refractivity contribution is 5.21. The van der Waals surface area contributed by atoms with Gasteiger partial charge in [0.1, 0.15) is 17.7 Å². The average Bonchev–Trinajstić information content (AvgIpc) is 2.37. The van der Waals surface area contributed by atoms with Gasteiger partial charge in [-0.25, -0.2) is 8.78 Å². The lowest BCUT2D eigenvalue weighted by Crippen LogP contribution is -2.31. The van der Waals surface area contributed by atoms with Gasteiger partial charge in [-0.3, -0.25) is 0 Å². The van der Waals surface area contributed by atoms with Crippen molar-refractivity contribution < 1.29 is 13.5 Å². The highest BCUT2D eigenvalue weighted by Crippen LogP contribution is 2.18. The van der Waals surface area contributed by atoms with Crippen molar-refractivity contribution in [3.63, 3.8) is 0 Å². The molecule has 0 spiro atoms. The topological polar surface area (TPSA) is 21.3 Å². The van der Waals surface area contributed by atoms with Gasteiger partial charge >= 0.3 is 0 Å². The zero-order chi connectivity index (χ0) is 13.0. The average molecular weight is 253 g/mol. The standard InChI is InChI=1S/C14H17F2NO/c1-10(13-6-5-11(15)8-14(13)16)17-9-12-4-2-3-7-18-12/h3,5-8,10,12,17H,2,4,9H2,1H3. The summed E-state index contributed by atoms with van der Waals surface area (Å²) in [5, 5.41) is 3.21. The number of ether oxygens (including phenoxy) is 1. The molecule has 0 saturated heterocycles. The van der Waals surface area contributed by atoms with Crippen molar-refractivity contribution in [2.75, 3.05) is 6.54 Å². The summed E-state index contributed by atoms with van der Waals surface area (Å²) in [6.45, 7) is 2.51. The Balaban J connectivity index is 1.90. The van der Waals surface area contributed by atoms with Crippen LogP contribution in [-0.2, 0) is 4.74 Å². The smallest absolute Gasteiger partial charge is 0.130 e. The third kappa shape index (κ3) is 3.29. The number of hydrogen-bond acceptors (Lipinski definition) is 2. The van der Waals surface area contributed by atoms with Gasteiger partial charge in [-0.15, -0.1) is 0 Å². The number of allylic oxidation sites excluding steroid dienone is 1. The summed E-state index contributed by atoms with van der Waals surface area (Å²) in [4.78, 5) is 0. The molecule has 98 valence electrons. The Morgan fingerprint density at radius 1 is 1.44 bits per heavy atom. The van der Waals surface area contributed by atoms with Gasteiger partial charge in [0.05, 0.1) is 6.26 Å². The van der Waals surface area contributed by atoms with E-state index in [9.17, 15) is 8.78 Å². The molecule has 4 heteroatoms. The monoisotopic (exact) mass is 253 g/mol. The van der Waals surface area contributed by atoms with Crippen LogP contribution in [0, 0.1) is 11.6 Å². The predicted octanol–water partition coefficient (Wildman–Crippen LogP) is 3.31. The molecule has 0 fully saturated rings. The van der Waals surface area contributed by atoms with E-state index in [1.54, 1.807) is 6.26 Å². The lowest BCUT2D eigenvalue weighted by Gasteiger charge is -2.22. The van der Waals surface area contributed by atoms with Crippen molar-refractivity contribution in [2.24, 2.45) is 0 Å². The molecule has 2 nitrogen and oxygen atoms in total. The van der Waals surface area contributed by atoms with Gasteiger partial charge in [-0.2, -0.15) is 0 Å². The highest BCUT2D eigenvalue weighted by atomic mass is 19.1. The lowest BCUT2D eigenvalue weighted by molar-refractivity contribution is 0.119. The maximum Gasteiger partial charge on any atom is 0.130 e. The summed E-state index contributed by atoms with van der Waals surface area (Å²) in [5.41, 5.74) is 0.475. The quantitative estimate of drug-likeness (QED) is 0.889. The molecule has 1 aromatic rings. The predicted molar refractivity (Wildman–Crippen MR) is 66.0 cm³/mol. The first-order valence-corrected chi connectivity index (χ1v) is 6.15. The number of halogens is 2. The Labute approximate surface area is 106 Å². The second kappa shape index (κ2) is 5.96. The van der Waals surface area contributed by atoms with E-state index < -0.39 is 11.6 Å². The molecule has 0 bridgehead atoms. The Morgan fingerprint density at radius 3 is 2.94 bits per heavy atom. The fourth-order valence-electron chi connectivity index (χ4n) is 2.01. The van der Waals surface area contributed by atoms with Crippen LogP contribution in [0.25, 0.3) is 0 Å². The molecular weight excluding hydrogens is 236 g/mol. The van der Waals surface area contributed by atoms with E-state index in [-0.39, 0.29) is 12.1 Å². The summed E-state index contributed by atoms with van der Waals surface area (Å²) in [7, 11) is 0. The number of hydrogen-bond donors (Lipinski definition) is 1. The van der Waals surface area contributed by atoms with E-state index in [0.29, 0.717) is 12.1 Å². The third-order valence-electron chi connectivity index (χ3n) is 3.10. The first-order valence-electron chi connectivity index (χ1n) is 6.15. The Morgan fingerprint density at radius 2 is 2.28 bits per heavy atom. The van der Waals surface area contributed by atoms with Gasteiger partial charge in [0, 0.05) is 24.2 Å². The van der Waals surface area contributed by atoms with Gasteiger partial charge in [-0.1, -0.05) is 6.07 Å². The van der Waals surface area contributed by atoms with Gasteiger partial charge in [0.15, 0.2) is 0 Å². The van der Waals surface area contributed by atoms with Gasteiger partial charge < -0.3 is 10.1 Å². The second-order valence-corrected chi connectivity index (χ2v) is 4.50. The molecule has 2 unspecified atom stereocenters. The number of benzene rings is 1. The Hall–Kier alpha value is -1.42. The molecule has 1 N–H and O–H groups in total. The van der Waals surface area contributed by atoms with Gasteiger partial charge in [0.2, 0.25) is 0 Å². The minimum atomic E-state index is -0.552. The molecule has 1 aromatic carbocycles. The minimum absolute atomic E-state index is 0.126. The van der Waals surface area contributed by atoms with Crippen LogP contribution in [0.15, 0.2) is 30.5 Å². The summed E-state index contributed by atoms with van der Waals surface area (Å²) < 4.78 is 31.8. The van der Waals surface area contributed by atoms with Crippen LogP contribution in [0.4, 0.5) is 8.78 Å². The zero-order valence-corrected chi connectivity index (χ0v) is 10.3. The molecule has 0 aliphatic carbocycles. The number of rotatable bonds is 4. The van der Waals surface area contributed by atoms with E-state index in [0.717, 1.165) is 18.9 Å². The van der Waals surface area contributed by atoms with Gasteiger partial charge in [-0.05, 0) is 31.9 Å². The van der Waals surface area contributed by atoms with E-state index in [4.69, 9.17) is 4.74 Å². The summed E-state index contributed by atoms with van der Waals surface area (Å²) in [6, 6.07) is 3.49. The largest absolute Gasteiger partial charge is 0.497 e. The van der Waals surface area contributed by atoms with Crippen molar-refractivity contribution in [1.29, 1.82) is 0 Å². The molecule has 1 aliphatic heterocycles. The van der Waals surface area contributed by atoms with Crippen LogP contribution in [0.1, 0.15) is 31.4 Å². The third-order valence-corrected chi connectivity index (χ3v) is 3.10. The second-order valence-electron chi connectivity index (χ2n) is 4.50. The van der Waals surface area contributed by atoms with Crippen LogP contribution >= 0.6 is 0 Å². The Kier molecular flexibility index (Phi) is 4.31. The minimum Gasteiger partial charge on any atom is -0.497 e. The molecule has 0 radical (unpaired) electrons. The van der Waals surface area contributed by atoms with Crippen LogP contribution in [0.5, 0.6) is 0 Å². The van der Waals surface area contributed by atoms with Crippen molar-refractivity contribution in [1.82, 2.24) is 5.32 Å². The van der Waals surface area contributed by atoms with Crippen LogP contribution < -0.4 is 5.32 Å². The normalized spacial score (nSPS) is 20.5. The van der Waals surface area contributed by atoms with Crippen LogP contribution in [0.2, 0.25) is 0 Å².